The lowest BCUT2D eigenvalue weighted by Gasteiger charge is -2.10. The van der Waals surface area contributed by atoms with Gasteiger partial charge in [0.15, 0.2) is 9.04 Å². The van der Waals surface area contributed by atoms with Gasteiger partial charge < -0.3 is 8.91 Å². The largest absolute Gasteiger partial charge is 0.435 e. The molecule has 0 atom stereocenters. The van der Waals surface area contributed by atoms with Crippen molar-refractivity contribution in [3.8, 4) is 0 Å². The van der Waals surface area contributed by atoms with E-state index < -0.39 is 18.3 Å². The quantitative estimate of drug-likeness (QED) is 0.384. The van der Waals surface area contributed by atoms with Crippen LogP contribution in [0.4, 0.5) is 0 Å². The van der Waals surface area contributed by atoms with Gasteiger partial charge in [0.2, 0.25) is 0 Å². The van der Waals surface area contributed by atoms with Crippen LogP contribution in [0.3, 0.4) is 0 Å². The summed E-state index contributed by atoms with van der Waals surface area (Å²) in [5, 5.41) is 0. The van der Waals surface area contributed by atoms with E-state index in [-0.39, 0.29) is 0 Å². The van der Waals surface area contributed by atoms with Crippen molar-refractivity contribution in [1.29, 1.82) is 0 Å². The normalized spacial score (nSPS) is 11.2. The van der Waals surface area contributed by atoms with Crippen molar-refractivity contribution in [3.05, 3.63) is 12.7 Å². The Hall–Kier alpha value is 0.0938. The highest BCUT2D eigenvalue weighted by atomic mass is 28.4. The zero-order valence-corrected chi connectivity index (χ0v) is 10.7. The Bertz CT molecular complexity index is 129. The third kappa shape index (κ3) is 10.0. The molecule has 0 bridgehead atoms. The van der Waals surface area contributed by atoms with E-state index in [0.717, 1.165) is 18.9 Å². The molecule has 0 aliphatic rings. The molecule has 0 aromatic carbocycles. The van der Waals surface area contributed by atoms with Gasteiger partial charge in [-0.15, -0.1) is 6.58 Å². The summed E-state index contributed by atoms with van der Waals surface area (Å²) < 4.78 is 5.40. The monoisotopic (exact) mass is 216 g/mol. The molecule has 0 amide bonds. The van der Waals surface area contributed by atoms with Gasteiger partial charge in [0.1, 0.15) is 0 Å². The van der Waals surface area contributed by atoms with Crippen molar-refractivity contribution in [2.24, 2.45) is 0 Å². The molecule has 0 saturated heterocycles. The number of unbranched alkanes of at least 4 members (excludes halogenated alkanes) is 3. The van der Waals surface area contributed by atoms with E-state index in [0.29, 0.717) is 0 Å². The maximum atomic E-state index is 9.46. The zero-order chi connectivity index (χ0) is 10.1. The van der Waals surface area contributed by atoms with Crippen LogP contribution in [-0.4, -0.2) is 23.1 Å². The van der Waals surface area contributed by atoms with E-state index in [4.69, 9.17) is 4.12 Å². The van der Waals surface area contributed by atoms with Crippen molar-refractivity contribution in [1.82, 2.24) is 0 Å². The van der Waals surface area contributed by atoms with E-state index in [9.17, 15) is 4.80 Å². The van der Waals surface area contributed by atoms with Crippen LogP contribution in [0.2, 0.25) is 19.1 Å². The minimum atomic E-state index is -1.46. The van der Waals surface area contributed by atoms with Crippen LogP contribution in [-0.2, 0) is 4.12 Å². The average molecular weight is 216 g/mol. The summed E-state index contributed by atoms with van der Waals surface area (Å²) >= 11 is 0. The van der Waals surface area contributed by atoms with E-state index in [1.54, 1.807) is 0 Å². The van der Waals surface area contributed by atoms with Crippen LogP contribution < -0.4 is 0 Å². The lowest BCUT2D eigenvalue weighted by atomic mass is 10.2. The molecule has 0 heterocycles. The Kier molecular flexibility index (Phi) is 8.74. The molecule has 0 spiro atoms. The van der Waals surface area contributed by atoms with Crippen molar-refractivity contribution >= 4 is 18.3 Å². The second-order valence-corrected chi connectivity index (χ2v) is 7.21. The molecule has 2 nitrogen and oxygen atoms in total. The van der Waals surface area contributed by atoms with Crippen molar-refractivity contribution in [2.45, 2.75) is 44.8 Å². The van der Waals surface area contributed by atoms with Crippen LogP contribution in [0.1, 0.15) is 25.7 Å². The Morgan fingerprint density at radius 1 is 1.31 bits per heavy atom. The standard InChI is InChI=1S/C9H20O2Si2/c1-4-5-6-7-8-9-13(10)11-12(2)3/h4,10H,1,5-9H2,2-3H3. The third-order valence-electron chi connectivity index (χ3n) is 1.62. The first kappa shape index (κ1) is 13.1. The summed E-state index contributed by atoms with van der Waals surface area (Å²) in [7, 11) is -2.16. The molecule has 13 heavy (non-hydrogen) atoms. The predicted molar refractivity (Wildman–Crippen MR) is 60.0 cm³/mol. The van der Waals surface area contributed by atoms with Crippen molar-refractivity contribution in [2.75, 3.05) is 0 Å². The molecule has 76 valence electrons. The molecular formula is C9H20O2Si2. The summed E-state index contributed by atoms with van der Waals surface area (Å²) in [5.41, 5.74) is 0. The van der Waals surface area contributed by atoms with E-state index in [1.807, 2.05) is 6.08 Å². The molecule has 0 aromatic rings. The fourth-order valence-corrected chi connectivity index (χ4v) is 3.87. The smallest absolute Gasteiger partial charge is 0.370 e. The maximum absolute atomic E-state index is 9.46. The number of allylic oxidation sites excluding steroid dienone is 1. The second kappa shape index (κ2) is 8.68. The molecule has 0 aliphatic carbocycles. The minimum Gasteiger partial charge on any atom is -0.435 e. The number of hydrogen-bond donors (Lipinski definition) is 1. The molecule has 0 unspecified atom stereocenters. The highest BCUT2D eigenvalue weighted by molar-refractivity contribution is 6.60. The molecule has 0 rings (SSSR count). The minimum absolute atomic E-state index is 0.701. The van der Waals surface area contributed by atoms with Gasteiger partial charge in [0.25, 0.3) is 0 Å². The first-order valence-corrected chi connectivity index (χ1v) is 8.77. The maximum Gasteiger partial charge on any atom is 0.370 e. The van der Waals surface area contributed by atoms with Gasteiger partial charge in [0, 0.05) is 0 Å². The highest BCUT2D eigenvalue weighted by Gasteiger charge is 2.11. The molecule has 1 N–H and O–H groups in total. The average Bonchev–Trinajstić information content (AvgIpc) is 2.02. The fourth-order valence-electron chi connectivity index (χ4n) is 1.03. The van der Waals surface area contributed by atoms with Gasteiger partial charge in [-0.2, -0.15) is 0 Å². The van der Waals surface area contributed by atoms with Gasteiger partial charge in [-0.1, -0.05) is 18.9 Å². The topological polar surface area (TPSA) is 29.5 Å². The summed E-state index contributed by atoms with van der Waals surface area (Å²) in [6.45, 7) is 7.79. The highest BCUT2D eigenvalue weighted by Crippen LogP contribution is 2.06. The van der Waals surface area contributed by atoms with E-state index in [2.05, 4.69) is 19.7 Å². The Labute approximate surface area is 85.2 Å². The van der Waals surface area contributed by atoms with Crippen LogP contribution in [0.15, 0.2) is 12.7 Å². The Morgan fingerprint density at radius 2 is 2.00 bits per heavy atom. The lowest BCUT2D eigenvalue weighted by molar-refractivity contribution is 0.417. The summed E-state index contributed by atoms with van der Waals surface area (Å²) in [6, 6.07) is 0.873. The van der Waals surface area contributed by atoms with E-state index >= 15 is 0 Å². The summed E-state index contributed by atoms with van der Waals surface area (Å²) in [5.74, 6) is 0. The van der Waals surface area contributed by atoms with Gasteiger partial charge >= 0.3 is 9.28 Å². The number of rotatable bonds is 8. The number of hydrogen-bond acceptors (Lipinski definition) is 2. The lowest BCUT2D eigenvalue weighted by Crippen LogP contribution is -2.24. The first-order chi connectivity index (χ1) is 6.16. The van der Waals surface area contributed by atoms with Gasteiger partial charge in [-0.05, 0) is 32.0 Å². The molecular weight excluding hydrogens is 196 g/mol. The Morgan fingerprint density at radius 3 is 2.54 bits per heavy atom. The van der Waals surface area contributed by atoms with Crippen LogP contribution >= 0.6 is 0 Å². The van der Waals surface area contributed by atoms with Crippen LogP contribution in [0.5, 0.6) is 0 Å². The predicted octanol–water partition coefficient (Wildman–Crippen LogP) is 2.48. The molecule has 0 fully saturated rings. The third-order valence-corrected chi connectivity index (χ3v) is 4.98. The van der Waals surface area contributed by atoms with E-state index in [1.165, 1.54) is 12.8 Å². The molecule has 4 heteroatoms. The first-order valence-electron chi connectivity index (χ1n) is 4.80. The van der Waals surface area contributed by atoms with Gasteiger partial charge in [0.05, 0.1) is 0 Å². The Balaban J connectivity index is 3.16. The fraction of sp³-hybridized carbons (Fsp3) is 0.778. The second-order valence-electron chi connectivity index (χ2n) is 3.29. The molecule has 0 aromatic heterocycles. The summed E-state index contributed by atoms with van der Waals surface area (Å²) in [4.78, 5) is 9.46. The van der Waals surface area contributed by atoms with Crippen molar-refractivity contribution in [3.63, 3.8) is 0 Å². The molecule has 0 saturated carbocycles. The van der Waals surface area contributed by atoms with Crippen LogP contribution in [0, 0.1) is 0 Å². The SMILES string of the molecule is C=CCCCCC[Si](O)O[Si](C)C. The zero-order valence-electron chi connectivity index (χ0n) is 8.68. The van der Waals surface area contributed by atoms with Crippen molar-refractivity contribution < 1.29 is 8.91 Å². The van der Waals surface area contributed by atoms with Gasteiger partial charge in [-0.25, -0.2) is 0 Å². The van der Waals surface area contributed by atoms with Crippen LogP contribution in [0.25, 0.3) is 0 Å². The van der Waals surface area contributed by atoms with Gasteiger partial charge in [-0.3, -0.25) is 0 Å². The molecule has 0 aliphatic heterocycles. The molecule has 2 radical (unpaired) electrons. The summed E-state index contributed by atoms with van der Waals surface area (Å²) in [6.07, 6.45) is 6.49.